The van der Waals surface area contributed by atoms with Crippen LogP contribution in [0.15, 0.2) is 53.6 Å². The van der Waals surface area contributed by atoms with Crippen molar-refractivity contribution in [1.82, 2.24) is 19.2 Å². The van der Waals surface area contributed by atoms with Crippen LogP contribution in [0.2, 0.25) is 5.02 Å². The predicted molar refractivity (Wildman–Crippen MR) is 99.6 cm³/mol. The lowest BCUT2D eigenvalue weighted by Gasteiger charge is -2.07. The molecule has 1 amide bonds. The van der Waals surface area contributed by atoms with Crippen molar-refractivity contribution in [3.8, 4) is 0 Å². The molecule has 0 spiro atoms. The number of hydrogen-bond donors (Lipinski definition) is 1. The first kappa shape index (κ1) is 16.3. The Kier molecular flexibility index (Phi) is 3.93. The highest BCUT2D eigenvalue weighted by Crippen LogP contribution is 2.19. The summed E-state index contributed by atoms with van der Waals surface area (Å²) in [4.78, 5) is 29.1. The zero-order valence-corrected chi connectivity index (χ0v) is 14.6. The van der Waals surface area contributed by atoms with E-state index < -0.39 is 5.69 Å². The summed E-state index contributed by atoms with van der Waals surface area (Å²) < 4.78 is 2.44. The van der Waals surface area contributed by atoms with Crippen molar-refractivity contribution >= 4 is 39.7 Å². The molecule has 26 heavy (non-hydrogen) atoms. The third-order valence-corrected chi connectivity index (χ3v) is 4.33. The van der Waals surface area contributed by atoms with Gasteiger partial charge in [-0.3, -0.25) is 4.79 Å². The number of aromatic nitrogens is 4. The number of para-hydroxylation sites is 1. The van der Waals surface area contributed by atoms with E-state index in [0.717, 1.165) is 10.2 Å². The first-order chi connectivity index (χ1) is 12.5. The second kappa shape index (κ2) is 6.27. The molecule has 0 radical (unpaired) electrons. The van der Waals surface area contributed by atoms with Crippen LogP contribution < -0.4 is 11.0 Å². The number of nitrogens with one attached hydrogen (secondary N) is 1. The molecule has 0 atom stereocenters. The quantitative estimate of drug-likeness (QED) is 0.603. The molecule has 0 saturated heterocycles. The molecule has 0 unspecified atom stereocenters. The van der Waals surface area contributed by atoms with Crippen LogP contribution in [0.3, 0.4) is 0 Å². The smallest absolute Gasteiger partial charge is 0.324 e. The van der Waals surface area contributed by atoms with Gasteiger partial charge < -0.3 is 5.32 Å². The Balaban J connectivity index is 1.70. The van der Waals surface area contributed by atoms with Crippen molar-refractivity contribution < 1.29 is 4.79 Å². The maximum Gasteiger partial charge on any atom is 0.352 e. The first-order valence-electron chi connectivity index (χ1n) is 7.92. The van der Waals surface area contributed by atoms with E-state index in [4.69, 9.17) is 11.6 Å². The number of hydrogen-bond acceptors (Lipinski definition) is 4. The van der Waals surface area contributed by atoms with Crippen LogP contribution in [-0.4, -0.2) is 25.1 Å². The van der Waals surface area contributed by atoms with Gasteiger partial charge in [-0.25, -0.2) is 18.9 Å². The fourth-order valence-electron chi connectivity index (χ4n) is 2.77. The molecule has 0 fully saturated rings. The van der Waals surface area contributed by atoms with Gasteiger partial charge in [0, 0.05) is 16.1 Å². The van der Waals surface area contributed by atoms with Gasteiger partial charge in [-0.2, -0.15) is 0 Å². The summed E-state index contributed by atoms with van der Waals surface area (Å²) in [5, 5.41) is 8.33. The standard InChI is InChI=1S/C18H14ClN5O2/c1-11-4-2-3-5-14(11)21-16(25)9-24-18(26)23-10-20-15-8-12(19)6-7-13(15)17(23)22-24/h2-8,10H,9H2,1H3,(H,21,25). The Morgan fingerprint density at radius 3 is 2.85 bits per heavy atom. The van der Waals surface area contributed by atoms with Crippen LogP contribution in [0.1, 0.15) is 5.56 Å². The Hall–Kier alpha value is -3.19. The molecular formula is C18H14ClN5O2. The second-order valence-electron chi connectivity index (χ2n) is 5.90. The lowest BCUT2D eigenvalue weighted by molar-refractivity contribution is -0.117. The summed E-state index contributed by atoms with van der Waals surface area (Å²) in [5.41, 5.74) is 2.28. The number of halogens is 1. The molecule has 130 valence electrons. The van der Waals surface area contributed by atoms with E-state index in [0.29, 0.717) is 27.3 Å². The molecule has 4 aromatic rings. The predicted octanol–water partition coefficient (Wildman–Crippen LogP) is 2.64. The van der Waals surface area contributed by atoms with Gasteiger partial charge >= 0.3 is 5.69 Å². The minimum absolute atomic E-state index is 0.191. The Morgan fingerprint density at radius 1 is 1.23 bits per heavy atom. The lowest BCUT2D eigenvalue weighted by Crippen LogP contribution is -2.28. The van der Waals surface area contributed by atoms with Crippen LogP contribution in [0.25, 0.3) is 16.6 Å². The maximum absolute atomic E-state index is 12.5. The third kappa shape index (κ3) is 2.82. The molecule has 0 saturated carbocycles. The summed E-state index contributed by atoms with van der Waals surface area (Å²) >= 11 is 5.98. The molecule has 1 N–H and O–H groups in total. The lowest BCUT2D eigenvalue weighted by atomic mass is 10.2. The summed E-state index contributed by atoms with van der Waals surface area (Å²) in [6, 6.07) is 12.6. The molecule has 0 aliphatic carbocycles. The largest absolute Gasteiger partial charge is 0.352 e. The zero-order chi connectivity index (χ0) is 18.3. The monoisotopic (exact) mass is 367 g/mol. The van der Waals surface area contributed by atoms with Crippen molar-refractivity contribution in [1.29, 1.82) is 0 Å². The van der Waals surface area contributed by atoms with Crippen LogP contribution in [0.4, 0.5) is 5.69 Å². The van der Waals surface area contributed by atoms with Gasteiger partial charge in [0.15, 0.2) is 5.65 Å². The molecule has 0 aliphatic heterocycles. The number of amides is 1. The highest BCUT2D eigenvalue weighted by Gasteiger charge is 2.14. The fourth-order valence-corrected chi connectivity index (χ4v) is 2.94. The van der Waals surface area contributed by atoms with E-state index in [1.807, 2.05) is 25.1 Å². The number of carbonyl (C=O) groups is 1. The minimum Gasteiger partial charge on any atom is -0.324 e. The Labute approximate surface area is 152 Å². The molecule has 0 bridgehead atoms. The van der Waals surface area contributed by atoms with Gasteiger partial charge in [0.1, 0.15) is 12.9 Å². The van der Waals surface area contributed by atoms with Crippen LogP contribution in [-0.2, 0) is 11.3 Å². The van der Waals surface area contributed by atoms with E-state index in [1.54, 1.807) is 24.3 Å². The van der Waals surface area contributed by atoms with Crippen molar-refractivity contribution in [2.45, 2.75) is 13.5 Å². The van der Waals surface area contributed by atoms with Gasteiger partial charge in [0.2, 0.25) is 5.91 Å². The first-order valence-corrected chi connectivity index (χ1v) is 8.29. The molecule has 4 rings (SSSR count). The molecule has 0 aliphatic rings. The highest BCUT2D eigenvalue weighted by molar-refractivity contribution is 6.31. The SMILES string of the molecule is Cc1ccccc1NC(=O)Cn1nc2c3ccc(Cl)cc3ncn2c1=O. The topological polar surface area (TPSA) is 81.3 Å². The van der Waals surface area contributed by atoms with Gasteiger partial charge in [-0.15, -0.1) is 5.10 Å². The van der Waals surface area contributed by atoms with E-state index >= 15 is 0 Å². The van der Waals surface area contributed by atoms with Crippen LogP contribution in [0.5, 0.6) is 0 Å². The average molecular weight is 368 g/mol. The Morgan fingerprint density at radius 2 is 2.04 bits per heavy atom. The molecule has 2 aromatic carbocycles. The summed E-state index contributed by atoms with van der Waals surface area (Å²) in [6.45, 7) is 1.71. The Bertz CT molecular complexity index is 1210. The van der Waals surface area contributed by atoms with E-state index in [9.17, 15) is 9.59 Å². The van der Waals surface area contributed by atoms with Gasteiger partial charge in [-0.1, -0.05) is 29.8 Å². The number of benzene rings is 2. The summed E-state index contributed by atoms with van der Waals surface area (Å²) in [5.74, 6) is -0.329. The normalized spacial score (nSPS) is 11.2. The van der Waals surface area contributed by atoms with Gasteiger partial charge in [0.25, 0.3) is 0 Å². The maximum atomic E-state index is 12.5. The highest BCUT2D eigenvalue weighted by atomic mass is 35.5. The van der Waals surface area contributed by atoms with E-state index in [1.165, 1.54) is 10.7 Å². The van der Waals surface area contributed by atoms with Crippen molar-refractivity contribution in [2.24, 2.45) is 0 Å². The molecule has 8 heteroatoms. The number of anilines is 1. The number of nitrogens with zero attached hydrogens (tertiary/aromatic N) is 4. The van der Waals surface area contributed by atoms with E-state index in [2.05, 4.69) is 15.4 Å². The van der Waals surface area contributed by atoms with E-state index in [-0.39, 0.29) is 12.5 Å². The van der Waals surface area contributed by atoms with Crippen LogP contribution >= 0.6 is 11.6 Å². The molecule has 2 aromatic heterocycles. The third-order valence-electron chi connectivity index (χ3n) is 4.10. The average Bonchev–Trinajstić information content (AvgIpc) is 2.93. The van der Waals surface area contributed by atoms with Crippen molar-refractivity contribution in [3.05, 3.63) is 69.9 Å². The molecular weight excluding hydrogens is 354 g/mol. The number of aryl methyl sites for hydroxylation is 1. The minimum atomic E-state index is -0.427. The fraction of sp³-hybridized carbons (Fsp3) is 0.111. The molecule has 7 nitrogen and oxygen atoms in total. The summed E-state index contributed by atoms with van der Waals surface area (Å²) in [7, 11) is 0. The number of fused-ring (bicyclic) bond motifs is 3. The van der Waals surface area contributed by atoms with Crippen molar-refractivity contribution in [2.75, 3.05) is 5.32 Å². The van der Waals surface area contributed by atoms with Gasteiger partial charge in [0.05, 0.1) is 5.52 Å². The molecule has 2 heterocycles. The van der Waals surface area contributed by atoms with Crippen LogP contribution in [0, 0.1) is 6.92 Å². The zero-order valence-electron chi connectivity index (χ0n) is 13.8. The number of carbonyl (C=O) groups excluding carboxylic acids is 1. The van der Waals surface area contributed by atoms with Crippen molar-refractivity contribution in [3.63, 3.8) is 0 Å². The van der Waals surface area contributed by atoms with Gasteiger partial charge in [-0.05, 0) is 36.8 Å². The second-order valence-corrected chi connectivity index (χ2v) is 6.34. The summed E-state index contributed by atoms with van der Waals surface area (Å²) in [6.07, 6.45) is 1.39. The number of rotatable bonds is 3.